The molecule has 108 valence electrons. The van der Waals surface area contributed by atoms with Crippen LogP contribution in [0.25, 0.3) is 16.7 Å². The summed E-state index contributed by atoms with van der Waals surface area (Å²) in [4.78, 5) is 4.54. The van der Waals surface area contributed by atoms with Crippen molar-refractivity contribution >= 4 is 50.2 Å². The largest absolute Gasteiger partial charge is 0.497 e. The van der Waals surface area contributed by atoms with E-state index in [4.69, 9.17) is 27.9 Å². The molecular formula is C15H11BrCl2N2O. The highest BCUT2D eigenvalue weighted by Crippen LogP contribution is 2.32. The molecular weight excluding hydrogens is 375 g/mol. The fourth-order valence-corrected chi connectivity index (χ4v) is 3.08. The number of imidazole rings is 1. The zero-order chi connectivity index (χ0) is 15.0. The summed E-state index contributed by atoms with van der Waals surface area (Å²) in [5.74, 6) is 1.78. The lowest BCUT2D eigenvalue weighted by Gasteiger charge is -2.11. The van der Waals surface area contributed by atoms with Gasteiger partial charge in [0.2, 0.25) is 0 Å². The smallest absolute Gasteiger partial charge is 0.129 e. The molecule has 0 spiro atoms. The summed E-state index contributed by atoms with van der Waals surface area (Å²) in [5, 5.41) is 0.608. The average Bonchev–Trinajstić information content (AvgIpc) is 2.88. The second kappa shape index (κ2) is 5.87. The van der Waals surface area contributed by atoms with Gasteiger partial charge in [0.1, 0.15) is 17.1 Å². The van der Waals surface area contributed by atoms with Crippen LogP contribution in [0.15, 0.2) is 40.9 Å². The van der Waals surface area contributed by atoms with Gasteiger partial charge in [-0.1, -0.05) is 17.7 Å². The highest BCUT2D eigenvalue weighted by atomic mass is 79.9. The normalized spacial score (nSPS) is 11.0. The molecule has 6 heteroatoms. The van der Waals surface area contributed by atoms with E-state index in [2.05, 4.69) is 20.9 Å². The van der Waals surface area contributed by atoms with E-state index >= 15 is 0 Å². The van der Waals surface area contributed by atoms with Crippen molar-refractivity contribution in [3.05, 3.63) is 51.7 Å². The number of fused-ring (bicyclic) bond motifs is 1. The first kappa shape index (κ1) is 14.7. The molecule has 0 fully saturated rings. The molecule has 1 heterocycles. The van der Waals surface area contributed by atoms with Crippen LogP contribution in [0.2, 0.25) is 5.02 Å². The highest BCUT2D eigenvalue weighted by molar-refractivity contribution is 9.10. The number of hydrogen-bond donors (Lipinski definition) is 0. The van der Waals surface area contributed by atoms with Crippen LogP contribution in [0.3, 0.4) is 0 Å². The number of hydrogen-bond acceptors (Lipinski definition) is 2. The minimum atomic E-state index is 0.286. The van der Waals surface area contributed by atoms with Gasteiger partial charge in [-0.05, 0) is 40.2 Å². The van der Waals surface area contributed by atoms with E-state index in [1.165, 1.54) is 0 Å². The van der Waals surface area contributed by atoms with E-state index in [-0.39, 0.29) is 5.88 Å². The van der Waals surface area contributed by atoms with E-state index < -0.39 is 0 Å². The number of para-hydroxylation sites is 1. The van der Waals surface area contributed by atoms with Crippen LogP contribution >= 0.6 is 39.1 Å². The Balaban J connectivity index is 2.36. The zero-order valence-corrected chi connectivity index (χ0v) is 14.2. The first-order valence-electron chi connectivity index (χ1n) is 6.21. The summed E-state index contributed by atoms with van der Waals surface area (Å²) in [6, 6.07) is 11.4. The molecule has 0 saturated heterocycles. The van der Waals surface area contributed by atoms with Crippen molar-refractivity contribution in [1.29, 1.82) is 0 Å². The summed E-state index contributed by atoms with van der Waals surface area (Å²) in [7, 11) is 1.64. The molecule has 0 saturated carbocycles. The van der Waals surface area contributed by atoms with E-state index in [1.54, 1.807) is 7.11 Å². The van der Waals surface area contributed by atoms with Crippen molar-refractivity contribution in [2.24, 2.45) is 0 Å². The van der Waals surface area contributed by atoms with Crippen LogP contribution in [-0.2, 0) is 5.88 Å². The average molecular weight is 386 g/mol. The molecule has 1 aromatic heterocycles. The molecule has 3 nitrogen and oxygen atoms in total. The van der Waals surface area contributed by atoms with Crippen molar-refractivity contribution < 1.29 is 4.74 Å². The lowest BCUT2D eigenvalue weighted by Crippen LogP contribution is -2.01. The number of rotatable bonds is 3. The molecule has 0 aliphatic heterocycles. The summed E-state index contributed by atoms with van der Waals surface area (Å²) < 4.78 is 8.22. The predicted octanol–water partition coefficient (Wildman–Crippen LogP) is 5.19. The number of ether oxygens (including phenoxy) is 1. The van der Waals surface area contributed by atoms with Crippen LogP contribution in [0.5, 0.6) is 5.75 Å². The summed E-state index contributed by atoms with van der Waals surface area (Å²) in [5.41, 5.74) is 2.56. The van der Waals surface area contributed by atoms with E-state index in [1.807, 2.05) is 41.0 Å². The van der Waals surface area contributed by atoms with Crippen molar-refractivity contribution in [2.75, 3.05) is 7.11 Å². The summed E-state index contributed by atoms with van der Waals surface area (Å²) >= 11 is 15.9. The third kappa shape index (κ3) is 2.52. The molecule has 3 aromatic rings. The first-order chi connectivity index (χ1) is 10.2. The second-order valence-electron chi connectivity index (χ2n) is 4.42. The molecule has 0 aliphatic carbocycles. The van der Waals surface area contributed by atoms with Gasteiger partial charge in [-0.25, -0.2) is 4.98 Å². The number of nitrogens with zero attached hydrogens (tertiary/aromatic N) is 2. The third-order valence-corrected chi connectivity index (χ3v) is 4.43. The number of benzene rings is 2. The maximum Gasteiger partial charge on any atom is 0.129 e. The fraction of sp³-hybridized carbons (Fsp3) is 0.133. The number of halogens is 3. The highest BCUT2D eigenvalue weighted by Gasteiger charge is 2.16. The minimum Gasteiger partial charge on any atom is -0.497 e. The van der Waals surface area contributed by atoms with Crippen LogP contribution in [0.1, 0.15) is 5.82 Å². The molecule has 0 atom stereocenters. The van der Waals surface area contributed by atoms with Gasteiger partial charge < -0.3 is 4.74 Å². The van der Waals surface area contributed by atoms with Gasteiger partial charge >= 0.3 is 0 Å². The first-order valence-corrected chi connectivity index (χ1v) is 7.92. The van der Waals surface area contributed by atoms with Gasteiger partial charge in [0.15, 0.2) is 0 Å². The lowest BCUT2D eigenvalue weighted by atomic mass is 10.2. The maximum absolute atomic E-state index is 6.23. The Bertz CT molecular complexity index is 817. The van der Waals surface area contributed by atoms with Gasteiger partial charge in [-0.3, -0.25) is 4.57 Å². The minimum absolute atomic E-state index is 0.286. The number of methoxy groups -OCH3 is 1. The molecule has 0 amide bonds. The van der Waals surface area contributed by atoms with Crippen LogP contribution in [0, 0.1) is 0 Å². The Morgan fingerprint density at radius 2 is 2.10 bits per heavy atom. The fourth-order valence-electron chi connectivity index (χ4n) is 2.26. The van der Waals surface area contributed by atoms with Crippen molar-refractivity contribution in [3.8, 4) is 11.4 Å². The second-order valence-corrected chi connectivity index (χ2v) is 5.95. The molecule has 0 aliphatic rings. The summed E-state index contributed by atoms with van der Waals surface area (Å²) in [6.45, 7) is 0. The standard InChI is InChI=1S/C15H11BrCl2N2O/c1-21-9-5-6-10(16)13(7-9)20-12-4-2-3-11(18)15(12)19-14(20)8-17/h2-7H,8H2,1H3. The third-order valence-electron chi connectivity index (χ3n) is 3.22. The van der Waals surface area contributed by atoms with Gasteiger partial charge in [0.25, 0.3) is 0 Å². The van der Waals surface area contributed by atoms with Crippen LogP contribution in [-0.4, -0.2) is 16.7 Å². The van der Waals surface area contributed by atoms with E-state index in [0.717, 1.165) is 32.8 Å². The van der Waals surface area contributed by atoms with Crippen molar-refractivity contribution in [3.63, 3.8) is 0 Å². The van der Waals surface area contributed by atoms with Crippen LogP contribution in [0.4, 0.5) is 0 Å². The molecule has 0 N–H and O–H groups in total. The van der Waals surface area contributed by atoms with Crippen molar-refractivity contribution in [1.82, 2.24) is 9.55 Å². The molecule has 21 heavy (non-hydrogen) atoms. The van der Waals surface area contributed by atoms with Gasteiger partial charge in [0.05, 0.1) is 29.2 Å². The zero-order valence-electron chi connectivity index (χ0n) is 11.1. The van der Waals surface area contributed by atoms with Gasteiger partial charge in [-0.2, -0.15) is 0 Å². The Kier molecular flexibility index (Phi) is 4.11. The monoisotopic (exact) mass is 384 g/mol. The molecule has 2 aromatic carbocycles. The van der Waals surface area contributed by atoms with Gasteiger partial charge in [0, 0.05) is 10.5 Å². The lowest BCUT2D eigenvalue weighted by molar-refractivity contribution is 0.414. The topological polar surface area (TPSA) is 27.1 Å². The van der Waals surface area contributed by atoms with Crippen molar-refractivity contribution in [2.45, 2.75) is 5.88 Å². The van der Waals surface area contributed by atoms with Crippen LogP contribution < -0.4 is 4.74 Å². The summed E-state index contributed by atoms with van der Waals surface area (Å²) in [6.07, 6.45) is 0. The Morgan fingerprint density at radius 1 is 1.29 bits per heavy atom. The number of aromatic nitrogens is 2. The number of alkyl halides is 1. The SMILES string of the molecule is COc1ccc(Br)c(-n2c(CCl)nc3c(Cl)cccc32)c1. The van der Waals surface area contributed by atoms with E-state index in [0.29, 0.717) is 5.02 Å². The van der Waals surface area contributed by atoms with Gasteiger partial charge in [-0.15, -0.1) is 11.6 Å². The molecule has 3 rings (SSSR count). The molecule has 0 bridgehead atoms. The Labute approximate surface area is 140 Å². The molecule has 0 unspecified atom stereocenters. The Morgan fingerprint density at radius 3 is 2.81 bits per heavy atom. The quantitative estimate of drug-likeness (QED) is 0.580. The Hall–Kier alpha value is -1.23. The van der Waals surface area contributed by atoms with E-state index in [9.17, 15) is 0 Å². The molecule has 0 radical (unpaired) electrons. The maximum atomic E-state index is 6.23. The predicted molar refractivity (Wildman–Crippen MR) is 89.9 cm³/mol.